The van der Waals surface area contributed by atoms with Crippen LogP contribution in [-0.4, -0.2) is 140 Å². The van der Waals surface area contributed by atoms with Crippen LogP contribution in [0.1, 0.15) is 108 Å². The van der Waals surface area contributed by atoms with Crippen molar-refractivity contribution in [3.8, 4) is 0 Å². The third kappa shape index (κ3) is 18.2. The lowest BCUT2D eigenvalue weighted by molar-refractivity contribution is 0.0238. The highest BCUT2D eigenvalue weighted by Gasteiger charge is 2.16. The van der Waals surface area contributed by atoms with Crippen LogP contribution in [0, 0.1) is 0 Å². The van der Waals surface area contributed by atoms with Crippen molar-refractivity contribution < 1.29 is 4.74 Å². The Morgan fingerprint density at radius 1 is 0.390 bits per heavy atom. The summed E-state index contributed by atoms with van der Waals surface area (Å²) in [7, 11) is 0. The van der Waals surface area contributed by atoms with Gasteiger partial charge in [0.1, 0.15) is 0 Å². The maximum Gasteiger partial charge on any atom is 0.0594 e. The van der Waals surface area contributed by atoms with Gasteiger partial charge < -0.3 is 24.8 Å². The second-order valence-electron chi connectivity index (χ2n) is 13.8. The van der Waals surface area contributed by atoms with E-state index < -0.39 is 0 Å². The molecule has 5 aliphatic heterocycles. The molecule has 1 N–H and O–H groups in total. The Kier molecular flexibility index (Phi) is 21.9. The van der Waals surface area contributed by atoms with Crippen LogP contribution in [0.25, 0.3) is 0 Å². The fourth-order valence-corrected chi connectivity index (χ4v) is 5.61. The van der Waals surface area contributed by atoms with E-state index in [1.807, 2.05) is 0 Å². The molecule has 0 spiro atoms. The number of rotatable bonds is 5. The van der Waals surface area contributed by atoms with E-state index in [1.54, 1.807) is 0 Å². The van der Waals surface area contributed by atoms with E-state index >= 15 is 0 Å². The lowest BCUT2D eigenvalue weighted by atomic mass is 10.1. The Bertz CT molecular complexity index is 530. The van der Waals surface area contributed by atoms with Gasteiger partial charge in [0.2, 0.25) is 0 Å². The summed E-state index contributed by atoms with van der Waals surface area (Å²) in [4.78, 5) is 12.4. The molecule has 5 saturated heterocycles. The number of ether oxygens (including phenoxy) is 1. The number of hydrogen-bond donors (Lipinski definition) is 1. The van der Waals surface area contributed by atoms with Crippen molar-refractivity contribution in [1.29, 1.82) is 0 Å². The Hall–Kier alpha value is -0.280. The van der Waals surface area contributed by atoms with Crippen molar-refractivity contribution in [2.24, 2.45) is 0 Å². The molecule has 0 unspecified atom stereocenters. The van der Waals surface area contributed by atoms with Crippen LogP contribution in [-0.2, 0) is 4.74 Å². The van der Waals surface area contributed by atoms with Gasteiger partial charge in [-0.1, -0.05) is 6.42 Å². The Morgan fingerprint density at radius 2 is 0.732 bits per heavy atom. The highest BCUT2D eigenvalue weighted by molar-refractivity contribution is 4.72. The van der Waals surface area contributed by atoms with Crippen molar-refractivity contribution in [2.45, 2.75) is 138 Å². The molecule has 7 nitrogen and oxygen atoms in total. The van der Waals surface area contributed by atoms with E-state index in [-0.39, 0.29) is 0 Å². The van der Waals surface area contributed by atoms with Gasteiger partial charge in [-0.05, 0) is 141 Å². The molecule has 7 heteroatoms. The van der Waals surface area contributed by atoms with Crippen LogP contribution in [0.3, 0.4) is 0 Å². The smallest absolute Gasteiger partial charge is 0.0594 e. The van der Waals surface area contributed by atoms with Crippen molar-refractivity contribution in [3.05, 3.63) is 0 Å². The molecular formula is C34H74N6O. The lowest BCUT2D eigenvalue weighted by Crippen LogP contribution is -2.41. The van der Waals surface area contributed by atoms with Crippen LogP contribution in [0.5, 0.6) is 0 Å². The summed E-state index contributed by atoms with van der Waals surface area (Å²) in [6, 6.07) is 3.73. The van der Waals surface area contributed by atoms with Gasteiger partial charge in [0.15, 0.2) is 0 Å². The van der Waals surface area contributed by atoms with Crippen LogP contribution < -0.4 is 5.32 Å². The molecule has 5 fully saturated rings. The molecule has 5 aliphatic rings. The number of likely N-dealkylation sites (tertiary alicyclic amines) is 3. The minimum absolute atomic E-state index is 0.689. The molecule has 0 amide bonds. The summed E-state index contributed by atoms with van der Waals surface area (Å²) in [6.45, 7) is 38.0. The van der Waals surface area contributed by atoms with E-state index in [1.165, 1.54) is 84.3 Å². The predicted molar refractivity (Wildman–Crippen MR) is 180 cm³/mol. The molecule has 0 saturated carbocycles. The lowest BCUT2D eigenvalue weighted by Gasteiger charge is -2.34. The normalized spacial score (nSPS) is 22.9. The quantitative estimate of drug-likeness (QED) is 0.462. The molecule has 0 aromatic heterocycles. The van der Waals surface area contributed by atoms with Gasteiger partial charge in [0.05, 0.1) is 13.2 Å². The molecule has 0 bridgehead atoms. The maximum atomic E-state index is 5.21. The van der Waals surface area contributed by atoms with Crippen LogP contribution in [0.15, 0.2) is 0 Å². The summed E-state index contributed by atoms with van der Waals surface area (Å²) in [5.41, 5.74) is 0. The van der Waals surface area contributed by atoms with E-state index in [4.69, 9.17) is 4.74 Å². The molecule has 5 heterocycles. The highest BCUT2D eigenvalue weighted by Crippen LogP contribution is 2.11. The van der Waals surface area contributed by atoms with Crippen molar-refractivity contribution >= 4 is 0 Å². The van der Waals surface area contributed by atoms with Crippen molar-refractivity contribution in [1.82, 2.24) is 29.8 Å². The first-order chi connectivity index (χ1) is 19.5. The zero-order valence-corrected chi connectivity index (χ0v) is 29.5. The van der Waals surface area contributed by atoms with Crippen LogP contribution in [0.2, 0.25) is 0 Å². The minimum Gasteiger partial charge on any atom is -0.379 e. The largest absolute Gasteiger partial charge is 0.379 e. The Morgan fingerprint density at radius 3 is 0.951 bits per heavy atom. The third-order valence-electron chi connectivity index (χ3n) is 9.01. The van der Waals surface area contributed by atoms with E-state index in [0.717, 1.165) is 57.6 Å². The molecule has 0 radical (unpaired) electrons. The molecular weight excluding hydrogens is 508 g/mol. The summed E-state index contributed by atoms with van der Waals surface area (Å²) in [5, 5.41) is 3.28. The van der Waals surface area contributed by atoms with E-state index in [9.17, 15) is 0 Å². The fraction of sp³-hybridized carbons (Fsp3) is 1.00. The molecule has 0 aliphatic carbocycles. The summed E-state index contributed by atoms with van der Waals surface area (Å²) in [6.07, 6.45) is 8.52. The molecule has 0 aromatic rings. The first kappa shape index (κ1) is 38.7. The number of piperidine rings is 1. The summed E-state index contributed by atoms with van der Waals surface area (Å²) < 4.78 is 5.21. The van der Waals surface area contributed by atoms with Gasteiger partial charge in [-0.25, -0.2) is 0 Å². The highest BCUT2D eigenvalue weighted by atomic mass is 16.5. The summed E-state index contributed by atoms with van der Waals surface area (Å²) in [5.74, 6) is 0. The SMILES string of the molecule is CC(C)N1CCC1.CC(C)N1CCCC1.CC(C)N1CCCCC1.CC(C)N1CCNC1.CC(C)N1CCOCC1. The third-order valence-corrected chi connectivity index (χ3v) is 9.01. The van der Waals surface area contributed by atoms with E-state index in [2.05, 4.69) is 99.1 Å². The monoisotopic (exact) mass is 583 g/mol. The van der Waals surface area contributed by atoms with Gasteiger partial charge in [0.25, 0.3) is 0 Å². The van der Waals surface area contributed by atoms with Gasteiger partial charge in [-0.15, -0.1) is 0 Å². The van der Waals surface area contributed by atoms with Crippen LogP contribution >= 0.6 is 0 Å². The van der Waals surface area contributed by atoms with Gasteiger partial charge in [-0.2, -0.15) is 0 Å². The van der Waals surface area contributed by atoms with Crippen molar-refractivity contribution in [2.75, 3.05) is 85.3 Å². The Labute approximate surface area is 257 Å². The fourth-order valence-electron chi connectivity index (χ4n) is 5.61. The number of nitrogens with one attached hydrogen (secondary N) is 1. The molecule has 5 rings (SSSR count). The van der Waals surface area contributed by atoms with Crippen LogP contribution in [0.4, 0.5) is 0 Å². The minimum atomic E-state index is 0.689. The number of nitrogens with zero attached hydrogens (tertiary/aromatic N) is 5. The van der Waals surface area contributed by atoms with Gasteiger partial charge in [-0.3, -0.25) is 9.80 Å². The average molecular weight is 583 g/mol. The molecule has 0 atom stereocenters. The van der Waals surface area contributed by atoms with Gasteiger partial charge in [0, 0.05) is 63.1 Å². The van der Waals surface area contributed by atoms with E-state index in [0.29, 0.717) is 12.1 Å². The molecule has 41 heavy (non-hydrogen) atoms. The second kappa shape index (κ2) is 23.1. The average Bonchev–Trinajstić information content (AvgIpc) is 3.65. The van der Waals surface area contributed by atoms with Crippen molar-refractivity contribution in [3.63, 3.8) is 0 Å². The first-order valence-corrected chi connectivity index (χ1v) is 17.5. The maximum absolute atomic E-state index is 5.21. The molecule has 0 aromatic carbocycles. The number of morpholine rings is 1. The molecule has 246 valence electrons. The first-order valence-electron chi connectivity index (χ1n) is 17.5. The second-order valence-corrected chi connectivity index (χ2v) is 13.8. The topological polar surface area (TPSA) is 37.5 Å². The predicted octanol–water partition coefficient (Wildman–Crippen LogP) is 5.46. The Balaban J connectivity index is 0.000000257. The summed E-state index contributed by atoms with van der Waals surface area (Å²) >= 11 is 0. The van der Waals surface area contributed by atoms with Gasteiger partial charge >= 0.3 is 0 Å². The number of hydrogen-bond acceptors (Lipinski definition) is 7. The zero-order chi connectivity index (χ0) is 30.6. The standard InChI is InChI=1S/C8H17N.C7H15NO.C7H15N.C6H14N2.C6H13N/c1-8(2)9-6-4-3-5-7-9;1-7(2)8-3-5-9-6-4-8;1-7(2)8-5-3-4-6-8;1-6(2)8-4-3-7-5-8;1-6(2)7-4-3-5-7/h8H,3-7H2,1-2H3;7H,3-6H2,1-2H3;7H,3-6H2,1-2H3;6-7H,3-5H2,1-2H3;6H,3-5H2,1-2H3. The zero-order valence-electron chi connectivity index (χ0n) is 29.5.